The molecule has 256 valence electrons. The Morgan fingerprint density at radius 1 is 0.523 bits per heavy atom. The summed E-state index contributed by atoms with van der Waals surface area (Å²) in [6.45, 7) is 28.4. The first kappa shape index (κ1) is 35.0. The van der Waals surface area contributed by atoms with Crippen LogP contribution in [0.25, 0.3) is 0 Å². The molecule has 5 aliphatic rings. The minimum atomic E-state index is -0.728. The molecule has 4 saturated heterocycles. The minimum absolute atomic E-state index is 0.00235. The van der Waals surface area contributed by atoms with Gasteiger partial charge in [-0.1, -0.05) is 62.3 Å². The Morgan fingerprint density at radius 2 is 1.05 bits per heavy atom. The maximum Gasteiger partial charge on any atom is 0.163 e. The van der Waals surface area contributed by atoms with Crippen molar-refractivity contribution in [3.8, 4) is 0 Å². The summed E-state index contributed by atoms with van der Waals surface area (Å²) in [5.74, 6) is 2.34. The summed E-state index contributed by atoms with van der Waals surface area (Å²) >= 11 is 0. The summed E-state index contributed by atoms with van der Waals surface area (Å²) in [5, 5.41) is 11.6. The SMILES string of the molecule is CCC1O[C@H](C)C(C)C(C)[C@@H]1O[C@H]1OC(C)[C@@H]2[C@@H](C1C)C2(C)O[C@@H]1OC(CC)[C@@H](O[C@@H]2OC(C)[C@@H](C)C(C)C2C)[C@H](O)C1C. The van der Waals surface area contributed by atoms with E-state index < -0.39 is 24.1 Å². The number of aliphatic hydroxyl groups excluding tert-OH is 1. The average Bonchev–Trinajstić information content (AvgIpc) is 3.62. The highest BCUT2D eigenvalue weighted by atomic mass is 16.7. The summed E-state index contributed by atoms with van der Waals surface area (Å²) in [6, 6.07) is 0. The van der Waals surface area contributed by atoms with E-state index in [0.29, 0.717) is 30.1 Å². The predicted octanol–water partition coefficient (Wildman–Crippen LogP) is 6.41. The van der Waals surface area contributed by atoms with Crippen LogP contribution in [0.4, 0.5) is 0 Å². The second-order valence-corrected chi connectivity index (χ2v) is 15.7. The van der Waals surface area contributed by atoms with Crippen LogP contribution in [0.2, 0.25) is 0 Å². The van der Waals surface area contributed by atoms with E-state index in [4.69, 9.17) is 33.2 Å². The van der Waals surface area contributed by atoms with Crippen LogP contribution in [0, 0.1) is 53.3 Å². The maximum atomic E-state index is 11.6. The van der Waals surface area contributed by atoms with E-state index in [1.807, 2.05) is 6.92 Å². The third-order valence-electron chi connectivity index (χ3n) is 13.2. The molecule has 1 aliphatic carbocycles. The van der Waals surface area contributed by atoms with Crippen molar-refractivity contribution in [1.29, 1.82) is 0 Å². The molecule has 44 heavy (non-hydrogen) atoms. The summed E-state index contributed by atoms with van der Waals surface area (Å²) < 4.78 is 46.2. The van der Waals surface area contributed by atoms with E-state index in [9.17, 15) is 5.11 Å². The molecule has 0 radical (unpaired) electrons. The topological polar surface area (TPSA) is 84.8 Å². The number of aliphatic hydroxyl groups is 1. The first-order valence-electron chi connectivity index (χ1n) is 17.9. The smallest absolute Gasteiger partial charge is 0.163 e. The molecule has 0 bridgehead atoms. The third-order valence-corrected chi connectivity index (χ3v) is 13.2. The van der Waals surface area contributed by atoms with Crippen molar-refractivity contribution in [2.24, 2.45) is 53.3 Å². The fourth-order valence-corrected chi connectivity index (χ4v) is 9.16. The molecule has 1 saturated carbocycles. The van der Waals surface area contributed by atoms with Gasteiger partial charge in [-0.25, -0.2) is 0 Å². The second-order valence-electron chi connectivity index (χ2n) is 15.7. The molecule has 5 fully saturated rings. The lowest BCUT2D eigenvalue weighted by Crippen LogP contribution is -2.58. The largest absolute Gasteiger partial charge is 0.390 e. The van der Waals surface area contributed by atoms with Crippen molar-refractivity contribution in [2.45, 2.75) is 176 Å². The van der Waals surface area contributed by atoms with Gasteiger partial charge in [0.1, 0.15) is 6.10 Å². The van der Waals surface area contributed by atoms with Crippen LogP contribution in [0.1, 0.15) is 103 Å². The highest BCUT2D eigenvalue weighted by molar-refractivity contribution is 5.17. The average molecular weight is 625 g/mol. The van der Waals surface area contributed by atoms with Crippen molar-refractivity contribution in [2.75, 3.05) is 0 Å². The molecular weight excluding hydrogens is 560 g/mol. The van der Waals surface area contributed by atoms with Gasteiger partial charge in [0.05, 0.1) is 48.3 Å². The first-order valence-corrected chi connectivity index (χ1v) is 17.9. The molecule has 8 nitrogen and oxygen atoms in total. The van der Waals surface area contributed by atoms with Gasteiger partial charge < -0.3 is 38.3 Å². The van der Waals surface area contributed by atoms with Crippen molar-refractivity contribution in [3.05, 3.63) is 0 Å². The molecule has 5 rings (SSSR count). The van der Waals surface area contributed by atoms with Gasteiger partial charge in [0.25, 0.3) is 0 Å². The standard InChI is InChI=1S/C36H64O8/c1-14-26-31(19(6)18(5)23(10)38-26)42-34-21(8)28-29(25(12)40-34)36(28,13)44-35-22(9)30(37)32(27(15-2)41-35)43-33-20(7)16(3)17(4)24(11)39-33/h16-35,37H,14-15H2,1-13H3/t16?,17-,18?,19?,20?,21?,22?,23+,24?,25?,26?,27?,28+,29+,30+,31-,32+,33-,34+,35-,36?/m0/s1. The Morgan fingerprint density at radius 3 is 1.68 bits per heavy atom. The van der Waals surface area contributed by atoms with Crippen molar-refractivity contribution in [1.82, 2.24) is 0 Å². The van der Waals surface area contributed by atoms with Gasteiger partial charge in [-0.3, -0.25) is 0 Å². The van der Waals surface area contributed by atoms with E-state index in [1.54, 1.807) is 0 Å². The molecular formula is C36H64O8. The Balaban J connectivity index is 1.25. The monoisotopic (exact) mass is 624 g/mol. The highest BCUT2D eigenvalue weighted by Gasteiger charge is 2.72. The van der Waals surface area contributed by atoms with Crippen molar-refractivity contribution in [3.63, 3.8) is 0 Å². The van der Waals surface area contributed by atoms with Crippen LogP contribution in [-0.2, 0) is 33.2 Å². The normalized spacial score (nSPS) is 58.0. The van der Waals surface area contributed by atoms with Crippen molar-refractivity contribution >= 4 is 0 Å². The third kappa shape index (κ3) is 6.06. The molecule has 0 aromatic heterocycles. The number of ether oxygens (including phenoxy) is 7. The number of hydrogen-bond acceptors (Lipinski definition) is 8. The number of hydrogen-bond donors (Lipinski definition) is 1. The second kappa shape index (κ2) is 13.3. The zero-order valence-electron chi connectivity index (χ0n) is 29.8. The molecule has 11 unspecified atom stereocenters. The van der Waals surface area contributed by atoms with Gasteiger partial charge in [-0.15, -0.1) is 0 Å². The lowest BCUT2D eigenvalue weighted by atomic mass is 9.79. The summed E-state index contributed by atoms with van der Waals surface area (Å²) in [4.78, 5) is 0. The van der Waals surface area contributed by atoms with Crippen LogP contribution < -0.4 is 0 Å². The van der Waals surface area contributed by atoms with Crippen LogP contribution in [-0.4, -0.2) is 78.4 Å². The summed E-state index contributed by atoms with van der Waals surface area (Å²) in [5.41, 5.74) is -0.426. The molecule has 21 atom stereocenters. The van der Waals surface area contributed by atoms with Crippen LogP contribution >= 0.6 is 0 Å². The molecule has 0 amide bonds. The van der Waals surface area contributed by atoms with Crippen molar-refractivity contribution < 1.29 is 38.3 Å². The lowest BCUT2D eigenvalue weighted by molar-refractivity contribution is -0.339. The van der Waals surface area contributed by atoms with Crippen LogP contribution in [0.3, 0.4) is 0 Å². The van der Waals surface area contributed by atoms with Crippen LogP contribution in [0.15, 0.2) is 0 Å². The van der Waals surface area contributed by atoms with E-state index in [0.717, 1.165) is 6.42 Å². The fourth-order valence-electron chi connectivity index (χ4n) is 9.16. The number of rotatable bonds is 8. The van der Waals surface area contributed by atoms with Gasteiger partial charge in [0, 0.05) is 29.6 Å². The van der Waals surface area contributed by atoms with Gasteiger partial charge in [-0.05, 0) is 64.2 Å². The minimum Gasteiger partial charge on any atom is -0.390 e. The Kier molecular flexibility index (Phi) is 10.6. The molecule has 1 N–H and O–H groups in total. The Labute approximate surface area is 267 Å². The van der Waals surface area contributed by atoms with Gasteiger partial charge in [-0.2, -0.15) is 0 Å². The molecule has 0 aromatic carbocycles. The molecule has 8 heteroatoms. The van der Waals surface area contributed by atoms with Crippen LogP contribution in [0.5, 0.6) is 0 Å². The lowest BCUT2D eigenvalue weighted by Gasteiger charge is -2.48. The van der Waals surface area contributed by atoms with E-state index in [1.165, 1.54) is 0 Å². The van der Waals surface area contributed by atoms with E-state index >= 15 is 0 Å². The zero-order valence-corrected chi connectivity index (χ0v) is 29.8. The van der Waals surface area contributed by atoms with Gasteiger partial charge in [0.2, 0.25) is 0 Å². The summed E-state index contributed by atoms with van der Waals surface area (Å²) in [6.07, 6.45) is -0.700. The fraction of sp³-hybridized carbons (Fsp3) is 1.00. The van der Waals surface area contributed by atoms with Gasteiger partial charge in [0.15, 0.2) is 18.9 Å². The van der Waals surface area contributed by atoms with E-state index in [2.05, 4.69) is 83.1 Å². The Hall–Kier alpha value is -0.320. The molecule has 4 aliphatic heterocycles. The maximum absolute atomic E-state index is 11.6. The first-order chi connectivity index (χ1) is 20.7. The molecule has 4 heterocycles. The van der Waals surface area contributed by atoms with Gasteiger partial charge >= 0.3 is 0 Å². The van der Waals surface area contributed by atoms with E-state index in [-0.39, 0.29) is 78.8 Å². The molecule has 0 spiro atoms. The number of fused-ring (bicyclic) bond motifs is 1. The quantitative estimate of drug-likeness (QED) is 0.332. The zero-order chi connectivity index (χ0) is 32.4. The predicted molar refractivity (Wildman–Crippen MR) is 169 cm³/mol. The molecule has 0 aromatic rings. The Bertz CT molecular complexity index is 960. The highest BCUT2D eigenvalue weighted by Crippen LogP contribution is 2.64. The summed E-state index contributed by atoms with van der Waals surface area (Å²) in [7, 11) is 0.